The highest BCUT2D eigenvalue weighted by atomic mass is 35.5. The standard InChI is InChI=1S/C21H18Cl2N2O4S/c1-13-19(20(24-29-13)17-4-2-3-5-18(17)23)21(26)25-11-10-16(12-25)30(27,28)15-8-6-14(22)7-9-15/h2-9,16H,10-12H2,1H3. The van der Waals surface area contributed by atoms with Gasteiger partial charge in [-0.3, -0.25) is 4.79 Å². The first kappa shape index (κ1) is 20.9. The molecule has 0 radical (unpaired) electrons. The van der Waals surface area contributed by atoms with Crippen LogP contribution in [0.1, 0.15) is 22.5 Å². The molecule has 1 unspecified atom stereocenters. The molecular formula is C21H18Cl2N2O4S. The van der Waals surface area contributed by atoms with Gasteiger partial charge in [0.25, 0.3) is 5.91 Å². The lowest BCUT2D eigenvalue weighted by Crippen LogP contribution is -2.32. The SMILES string of the molecule is Cc1onc(-c2ccccc2Cl)c1C(=O)N1CCC(S(=O)(=O)c2ccc(Cl)cc2)C1. The van der Waals surface area contributed by atoms with E-state index in [1.807, 2.05) is 0 Å². The fourth-order valence-corrected chi connectivity index (χ4v) is 5.65. The topological polar surface area (TPSA) is 80.5 Å². The van der Waals surface area contributed by atoms with E-state index in [0.29, 0.717) is 45.6 Å². The number of benzene rings is 2. The monoisotopic (exact) mass is 464 g/mol. The Labute approximate surface area is 184 Å². The van der Waals surface area contributed by atoms with Gasteiger partial charge < -0.3 is 9.42 Å². The highest BCUT2D eigenvalue weighted by Crippen LogP contribution is 2.33. The first-order chi connectivity index (χ1) is 14.3. The fourth-order valence-electron chi connectivity index (χ4n) is 3.60. The molecule has 1 aliphatic rings. The third-order valence-corrected chi connectivity index (χ3v) is 7.99. The van der Waals surface area contributed by atoms with Crippen molar-refractivity contribution in [2.24, 2.45) is 0 Å². The minimum Gasteiger partial charge on any atom is -0.360 e. The van der Waals surface area contributed by atoms with Crippen LogP contribution in [0, 0.1) is 6.92 Å². The van der Waals surface area contributed by atoms with Crippen molar-refractivity contribution in [3.05, 3.63) is 69.9 Å². The van der Waals surface area contributed by atoms with Crippen LogP contribution in [0.3, 0.4) is 0 Å². The summed E-state index contributed by atoms with van der Waals surface area (Å²) >= 11 is 12.1. The van der Waals surface area contributed by atoms with Crippen molar-refractivity contribution >= 4 is 38.9 Å². The van der Waals surface area contributed by atoms with Gasteiger partial charge in [0, 0.05) is 23.7 Å². The highest BCUT2D eigenvalue weighted by molar-refractivity contribution is 7.92. The van der Waals surface area contributed by atoms with Crippen LogP contribution in [0.25, 0.3) is 11.3 Å². The number of likely N-dealkylation sites (tertiary alicyclic amines) is 1. The molecule has 1 saturated heterocycles. The highest BCUT2D eigenvalue weighted by Gasteiger charge is 2.38. The van der Waals surface area contributed by atoms with Gasteiger partial charge in [0.1, 0.15) is 17.0 Å². The minimum atomic E-state index is -3.58. The smallest absolute Gasteiger partial charge is 0.259 e. The fraction of sp³-hybridized carbons (Fsp3) is 0.238. The summed E-state index contributed by atoms with van der Waals surface area (Å²) in [5.41, 5.74) is 1.24. The quantitative estimate of drug-likeness (QED) is 0.561. The third-order valence-electron chi connectivity index (χ3n) is 5.22. The number of rotatable bonds is 4. The van der Waals surface area contributed by atoms with Crippen molar-refractivity contribution in [2.45, 2.75) is 23.5 Å². The van der Waals surface area contributed by atoms with Crippen molar-refractivity contribution in [1.82, 2.24) is 10.1 Å². The van der Waals surface area contributed by atoms with E-state index >= 15 is 0 Å². The number of nitrogens with zero attached hydrogens (tertiary/aromatic N) is 2. The Bertz CT molecular complexity index is 1210. The van der Waals surface area contributed by atoms with Crippen LogP contribution in [0.15, 0.2) is 57.9 Å². The zero-order valence-electron chi connectivity index (χ0n) is 16.0. The number of amides is 1. The maximum absolute atomic E-state index is 13.3. The van der Waals surface area contributed by atoms with E-state index < -0.39 is 15.1 Å². The Morgan fingerprint density at radius 3 is 2.53 bits per heavy atom. The summed E-state index contributed by atoms with van der Waals surface area (Å²) in [4.78, 5) is 15.0. The number of sulfone groups is 1. The summed E-state index contributed by atoms with van der Waals surface area (Å²) in [6.07, 6.45) is 0.350. The number of halogens is 2. The van der Waals surface area contributed by atoms with E-state index in [-0.39, 0.29) is 17.3 Å². The molecule has 0 saturated carbocycles. The van der Waals surface area contributed by atoms with E-state index in [4.69, 9.17) is 27.7 Å². The number of hydrogen-bond acceptors (Lipinski definition) is 5. The predicted octanol–water partition coefficient (Wildman–Crippen LogP) is 4.65. The van der Waals surface area contributed by atoms with Gasteiger partial charge in [0.2, 0.25) is 0 Å². The maximum atomic E-state index is 13.3. The van der Waals surface area contributed by atoms with Crippen LogP contribution < -0.4 is 0 Å². The summed E-state index contributed by atoms with van der Waals surface area (Å²) in [5, 5.41) is 4.25. The van der Waals surface area contributed by atoms with E-state index in [9.17, 15) is 13.2 Å². The molecule has 30 heavy (non-hydrogen) atoms. The second kappa shape index (κ2) is 8.06. The molecule has 0 N–H and O–H groups in total. The van der Waals surface area contributed by atoms with Crippen LogP contribution >= 0.6 is 23.2 Å². The summed E-state index contributed by atoms with van der Waals surface area (Å²) in [7, 11) is -3.58. The molecule has 0 bridgehead atoms. The number of aromatic nitrogens is 1. The van der Waals surface area contributed by atoms with Gasteiger partial charge in [-0.25, -0.2) is 8.42 Å². The summed E-state index contributed by atoms with van der Waals surface area (Å²) in [6, 6.07) is 13.1. The predicted molar refractivity (Wildman–Crippen MR) is 115 cm³/mol. The first-order valence-electron chi connectivity index (χ1n) is 9.29. The summed E-state index contributed by atoms with van der Waals surface area (Å²) in [6.45, 7) is 2.07. The Balaban J connectivity index is 1.60. The molecule has 1 amide bonds. The lowest BCUT2D eigenvalue weighted by atomic mass is 10.1. The van der Waals surface area contributed by atoms with Gasteiger partial charge in [-0.1, -0.05) is 46.6 Å². The molecule has 4 rings (SSSR count). The van der Waals surface area contributed by atoms with Gasteiger partial charge in [-0.15, -0.1) is 0 Å². The molecule has 1 atom stereocenters. The summed E-state index contributed by atoms with van der Waals surface area (Å²) < 4.78 is 31.2. The van der Waals surface area contributed by atoms with Crippen LogP contribution in [0.5, 0.6) is 0 Å². The van der Waals surface area contributed by atoms with Crippen LogP contribution in [0.2, 0.25) is 10.0 Å². The van der Waals surface area contributed by atoms with E-state index in [1.165, 1.54) is 17.0 Å². The van der Waals surface area contributed by atoms with Crippen LogP contribution in [0.4, 0.5) is 0 Å². The van der Waals surface area contributed by atoms with E-state index in [1.54, 1.807) is 43.3 Å². The molecular weight excluding hydrogens is 447 g/mol. The van der Waals surface area contributed by atoms with Gasteiger partial charge >= 0.3 is 0 Å². The lowest BCUT2D eigenvalue weighted by Gasteiger charge is -2.17. The number of carbonyl (C=O) groups excluding carboxylic acids is 1. The Hall–Kier alpha value is -2.35. The minimum absolute atomic E-state index is 0.0936. The second-order valence-corrected chi connectivity index (χ2v) is 10.2. The molecule has 9 heteroatoms. The molecule has 3 aromatic rings. The van der Waals surface area contributed by atoms with E-state index in [0.717, 1.165) is 0 Å². The number of aryl methyl sites for hydroxylation is 1. The molecule has 1 fully saturated rings. The maximum Gasteiger partial charge on any atom is 0.259 e. The van der Waals surface area contributed by atoms with Crippen molar-refractivity contribution in [3.8, 4) is 11.3 Å². The van der Waals surface area contributed by atoms with Gasteiger partial charge in [-0.05, 0) is 43.7 Å². The zero-order chi connectivity index (χ0) is 21.5. The van der Waals surface area contributed by atoms with Gasteiger partial charge in [-0.2, -0.15) is 0 Å². The first-order valence-corrected chi connectivity index (χ1v) is 11.6. The zero-order valence-corrected chi connectivity index (χ0v) is 18.3. The average molecular weight is 465 g/mol. The second-order valence-electron chi connectivity index (χ2n) is 7.10. The van der Waals surface area contributed by atoms with Crippen LogP contribution in [-0.4, -0.2) is 42.7 Å². The Morgan fingerprint density at radius 2 is 1.83 bits per heavy atom. The molecule has 0 spiro atoms. The Morgan fingerprint density at radius 1 is 1.13 bits per heavy atom. The largest absolute Gasteiger partial charge is 0.360 e. The summed E-state index contributed by atoms with van der Waals surface area (Å²) in [5.74, 6) is 0.0383. The molecule has 6 nitrogen and oxygen atoms in total. The lowest BCUT2D eigenvalue weighted by molar-refractivity contribution is 0.0792. The average Bonchev–Trinajstić information content (AvgIpc) is 3.36. The van der Waals surface area contributed by atoms with Gasteiger partial charge in [0.15, 0.2) is 9.84 Å². The van der Waals surface area contributed by atoms with Crippen molar-refractivity contribution in [1.29, 1.82) is 0 Å². The number of carbonyl (C=O) groups is 1. The molecule has 1 aliphatic heterocycles. The van der Waals surface area contributed by atoms with Crippen LogP contribution in [-0.2, 0) is 9.84 Å². The molecule has 2 heterocycles. The molecule has 156 valence electrons. The third kappa shape index (κ3) is 3.73. The Kier molecular flexibility index (Phi) is 5.61. The molecule has 0 aliphatic carbocycles. The van der Waals surface area contributed by atoms with Crippen molar-refractivity contribution in [3.63, 3.8) is 0 Å². The van der Waals surface area contributed by atoms with Crippen molar-refractivity contribution in [2.75, 3.05) is 13.1 Å². The molecule has 2 aromatic carbocycles. The van der Waals surface area contributed by atoms with Gasteiger partial charge in [0.05, 0.1) is 15.2 Å². The molecule has 1 aromatic heterocycles. The van der Waals surface area contributed by atoms with E-state index in [2.05, 4.69) is 5.16 Å². The van der Waals surface area contributed by atoms with Crippen molar-refractivity contribution < 1.29 is 17.7 Å². The number of hydrogen-bond donors (Lipinski definition) is 0. The normalized spacial score (nSPS) is 16.8.